The summed E-state index contributed by atoms with van der Waals surface area (Å²) in [5.74, 6) is -15.0. The molecule has 16 heteroatoms. The zero-order chi connectivity index (χ0) is 27.9. The Morgan fingerprint density at radius 2 is 1.39 bits per heavy atom. The van der Waals surface area contributed by atoms with Crippen LogP contribution in [-0.4, -0.2) is 16.1 Å². The molecule has 0 aliphatic rings. The number of halogens is 12. The van der Waals surface area contributed by atoms with Gasteiger partial charge in [0.2, 0.25) is 0 Å². The predicted octanol–water partition coefficient (Wildman–Crippen LogP) is 7.80. The summed E-state index contributed by atoms with van der Waals surface area (Å²) in [6.07, 6.45) is -15.7. The Bertz CT molecular complexity index is 1150. The fourth-order valence-corrected chi connectivity index (χ4v) is 4.28. The zero-order valence-corrected chi connectivity index (χ0v) is 18.6. The van der Waals surface area contributed by atoms with Crippen molar-refractivity contribution < 1.29 is 62.6 Å². The number of aromatic carboxylic acids is 1. The third kappa shape index (κ3) is 5.83. The zero-order valence-electron chi connectivity index (χ0n) is 17.8. The fourth-order valence-electron chi connectivity index (χ4n) is 3.24. The van der Waals surface area contributed by atoms with E-state index in [0.29, 0.717) is 0 Å². The van der Waals surface area contributed by atoms with E-state index in [1.807, 2.05) is 0 Å². The molecule has 0 saturated carbocycles. The monoisotopic (exact) mass is 559 g/mol. The number of pyridine rings is 1. The Balaban J connectivity index is 2.83. The molecule has 0 saturated heterocycles. The van der Waals surface area contributed by atoms with Crippen LogP contribution in [0.4, 0.5) is 52.7 Å². The molecule has 1 aromatic heterocycles. The molecule has 0 bridgehead atoms. The van der Waals surface area contributed by atoms with E-state index in [4.69, 9.17) is 0 Å². The van der Waals surface area contributed by atoms with Gasteiger partial charge in [0.05, 0.1) is 10.5 Å². The first kappa shape index (κ1) is 29.6. The van der Waals surface area contributed by atoms with Gasteiger partial charge in [-0.15, -0.1) is 11.8 Å². The molecule has 0 aliphatic heterocycles. The van der Waals surface area contributed by atoms with Crippen molar-refractivity contribution in [1.29, 1.82) is 0 Å². The molecule has 0 unspecified atom stereocenters. The first-order valence-corrected chi connectivity index (χ1v) is 10.5. The number of nitrogens with zero attached hydrogens (tertiary/aromatic N) is 1. The smallest absolute Gasteiger partial charge is 0.433 e. The van der Waals surface area contributed by atoms with Crippen molar-refractivity contribution in [3.05, 3.63) is 56.9 Å². The first-order chi connectivity index (χ1) is 16.3. The summed E-state index contributed by atoms with van der Waals surface area (Å²) >= 11 is -0.437. The van der Waals surface area contributed by atoms with Crippen molar-refractivity contribution in [2.45, 2.75) is 49.7 Å². The maximum Gasteiger partial charge on any atom is 0.433 e. The van der Waals surface area contributed by atoms with Gasteiger partial charge in [0, 0.05) is 5.75 Å². The van der Waals surface area contributed by atoms with Gasteiger partial charge < -0.3 is 5.11 Å². The Hall–Kier alpha value is -2.65. The van der Waals surface area contributed by atoms with Crippen LogP contribution in [0.5, 0.6) is 0 Å². The van der Waals surface area contributed by atoms with Crippen LogP contribution >= 0.6 is 11.8 Å². The maximum atomic E-state index is 14.2. The number of carboxylic acid groups (broad SMARTS) is 1. The van der Waals surface area contributed by atoms with E-state index in [2.05, 4.69) is 4.98 Å². The van der Waals surface area contributed by atoms with Gasteiger partial charge in [0.15, 0.2) is 23.3 Å². The second-order valence-corrected chi connectivity index (χ2v) is 8.61. The molecular weight excluding hydrogens is 546 g/mol. The summed E-state index contributed by atoms with van der Waals surface area (Å²) < 4.78 is 162. The van der Waals surface area contributed by atoms with Crippen LogP contribution in [0.2, 0.25) is 0 Å². The molecule has 3 nitrogen and oxygen atoms in total. The second kappa shape index (κ2) is 10.4. The van der Waals surface area contributed by atoms with Crippen LogP contribution in [0.15, 0.2) is 4.90 Å². The normalized spacial score (nSPS) is 12.7. The summed E-state index contributed by atoms with van der Waals surface area (Å²) in [6, 6.07) is 0. The molecule has 0 fully saturated rings. The molecule has 1 heterocycles. The van der Waals surface area contributed by atoms with E-state index in [1.165, 1.54) is 13.8 Å². The van der Waals surface area contributed by atoms with Gasteiger partial charge in [0.1, 0.15) is 17.0 Å². The SMILES string of the molecule is CC(C)Cc1c(CSc2c(F)c(F)c(C(F)(F)F)c(F)c2F)c(C(F)(F)F)nc(C(F)F)c1C(=O)O. The van der Waals surface area contributed by atoms with E-state index in [1.54, 1.807) is 0 Å². The average molecular weight is 559 g/mol. The van der Waals surface area contributed by atoms with Gasteiger partial charge in [-0.1, -0.05) is 13.8 Å². The fraction of sp³-hybridized carbons (Fsp3) is 0.400. The van der Waals surface area contributed by atoms with E-state index < -0.39 is 116 Å². The maximum absolute atomic E-state index is 14.2. The van der Waals surface area contributed by atoms with Crippen LogP contribution < -0.4 is 0 Å². The third-order valence-corrected chi connectivity index (χ3v) is 5.69. The average Bonchev–Trinajstić information content (AvgIpc) is 2.70. The number of carboxylic acids is 1. The standard InChI is InChI=1S/C20H13F12NO2S/c1-5(2)3-6-7(16(20(30,31)32)33-14(17(25)26)8(6)18(34)35)4-36-15-12(23)10(21)9(19(27,28)29)11(22)13(15)24/h5,17H,3-4H2,1-2H3,(H,34,35). The molecule has 200 valence electrons. The van der Waals surface area contributed by atoms with E-state index >= 15 is 0 Å². The van der Waals surface area contributed by atoms with E-state index in [0.717, 1.165) is 0 Å². The van der Waals surface area contributed by atoms with Crippen molar-refractivity contribution >= 4 is 17.7 Å². The van der Waals surface area contributed by atoms with Crippen molar-refractivity contribution in [1.82, 2.24) is 4.98 Å². The summed E-state index contributed by atoms with van der Waals surface area (Å²) in [5, 5.41) is 9.39. The number of hydrogen-bond donors (Lipinski definition) is 1. The highest BCUT2D eigenvalue weighted by atomic mass is 32.2. The van der Waals surface area contributed by atoms with Gasteiger partial charge in [-0.2, -0.15) is 26.3 Å². The van der Waals surface area contributed by atoms with Crippen molar-refractivity contribution in [3.8, 4) is 0 Å². The van der Waals surface area contributed by atoms with E-state index in [9.17, 15) is 62.6 Å². The van der Waals surface area contributed by atoms with Crippen LogP contribution in [0.25, 0.3) is 0 Å². The largest absolute Gasteiger partial charge is 0.478 e. The lowest BCUT2D eigenvalue weighted by atomic mass is 9.91. The molecule has 36 heavy (non-hydrogen) atoms. The van der Waals surface area contributed by atoms with Crippen molar-refractivity contribution in [2.24, 2.45) is 5.92 Å². The van der Waals surface area contributed by atoms with Crippen molar-refractivity contribution in [2.75, 3.05) is 0 Å². The lowest BCUT2D eigenvalue weighted by Crippen LogP contribution is -2.22. The molecule has 1 N–H and O–H groups in total. The number of hydrogen-bond acceptors (Lipinski definition) is 3. The molecule has 1 aromatic carbocycles. The summed E-state index contributed by atoms with van der Waals surface area (Å²) in [6.45, 7) is 2.75. The Kier molecular flexibility index (Phi) is 8.53. The topological polar surface area (TPSA) is 50.2 Å². The van der Waals surface area contributed by atoms with Gasteiger partial charge in [0.25, 0.3) is 6.43 Å². The third-order valence-electron chi connectivity index (χ3n) is 4.61. The first-order valence-electron chi connectivity index (χ1n) is 9.50. The molecule has 0 aliphatic carbocycles. The van der Waals surface area contributed by atoms with Crippen molar-refractivity contribution in [3.63, 3.8) is 0 Å². The number of rotatable bonds is 7. The Morgan fingerprint density at radius 1 is 0.889 bits per heavy atom. The molecule has 0 spiro atoms. The minimum atomic E-state index is -5.86. The van der Waals surface area contributed by atoms with Gasteiger partial charge in [-0.25, -0.2) is 36.1 Å². The Morgan fingerprint density at radius 3 is 1.75 bits per heavy atom. The van der Waals surface area contributed by atoms with Crippen LogP contribution in [0.1, 0.15) is 58.7 Å². The number of aromatic nitrogens is 1. The highest BCUT2D eigenvalue weighted by Crippen LogP contribution is 2.43. The lowest BCUT2D eigenvalue weighted by Gasteiger charge is -2.22. The van der Waals surface area contributed by atoms with Gasteiger partial charge in [-0.05, 0) is 23.5 Å². The Labute approximate surface area is 198 Å². The van der Waals surface area contributed by atoms with Crippen LogP contribution in [0.3, 0.4) is 0 Å². The highest BCUT2D eigenvalue weighted by Gasteiger charge is 2.43. The number of carbonyl (C=O) groups is 1. The number of alkyl halides is 8. The van der Waals surface area contributed by atoms with Gasteiger partial charge in [-0.3, -0.25) is 0 Å². The lowest BCUT2D eigenvalue weighted by molar-refractivity contribution is -0.143. The quantitative estimate of drug-likeness (QED) is 0.214. The molecule has 0 atom stereocenters. The summed E-state index contributed by atoms with van der Waals surface area (Å²) in [5.41, 5.74) is -10.00. The van der Waals surface area contributed by atoms with Crippen LogP contribution in [0, 0.1) is 29.2 Å². The molecular formula is C20H13F12NO2S. The molecule has 2 aromatic rings. The summed E-state index contributed by atoms with van der Waals surface area (Å²) in [7, 11) is 0. The number of thioether (sulfide) groups is 1. The highest BCUT2D eigenvalue weighted by molar-refractivity contribution is 7.98. The van der Waals surface area contributed by atoms with Crippen LogP contribution in [-0.2, 0) is 24.5 Å². The van der Waals surface area contributed by atoms with Gasteiger partial charge >= 0.3 is 18.3 Å². The number of benzene rings is 1. The van der Waals surface area contributed by atoms with E-state index in [-0.39, 0.29) is 0 Å². The minimum Gasteiger partial charge on any atom is -0.478 e. The second-order valence-electron chi connectivity index (χ2n) is 7.63. The molecule has 0 radical (unpaired) electrons. The predicted molar refractivity (Wildman–Crippen MR) is 101 cm³/mol. The molecule has 2 rings (SSSR count). The summed E-state index contributed by atoms with van der Waals surface area (Å²) in [4.78, 5) is 12.6. The minimum absolute atomic E-state index is 0.437. The molecule has 0 amide bonds.